The number of aryl methyl sites for hydroxylation is 2. The van der Waals surface area contributed by atoms with Gasteiger partial charge in [-0.1, -0.05) is 12.1 Å². The molecule has 1 aliphatic rings. The van der Waals surface area contributed by atoms with E-state index in [4.69, 9.17) is 15.2 Å². The van der Waals surface area contributed by atoms with Crippen molar-refractivity contribution in [1.29, 1.82) is 0 Å². The molecule has 1 aliphatic heterocycles. The predicted molar refractivity (Wildman–Crippen MR) is 141 cm³/mol. The van der Waals surface area contributed by atoms with Crippen LogP contribution in [0.4, 0.5) is 5.69 Å². The van der Waals surface area contributed by atoms with Crippen molar-refractivity contribution < 1.29 is 9.47 Å². The maximum Gasteiger partial charge on any atom is 0.207 e. The van der Waals surface area contributed by atoms with E-state index in [1.807, 2.05) is 31.2 Å². The van der Waals surface area contributed by atoms with Crippen LogP contribution in [0.5, 0.6) is 11.5 Å². The molecule has 0 radical (unpaired) electrons. The molecule has 36 heavy (non-hydrogen) atoms. The number of nitrogens with two attached hydrogens (primary N) is 1. The summed E-state index contributed by atoms with van der Waals surface area (Å²) in [7, 11) is 3.37. The van der Waals surface area contributed by atoms with Gasteiger partial charge in [-0.2, -0.15) is 0 Å². The van der Waals surface area contributed by atoms with Gasteiger partial charge in [0.1, 0.15) is 0 Å². The summed E-state index contributed by atoms with van der Waals surface area (Å²) in [5.41, 5.74) is 14.8. The molecular formula is C28H32N6O2. The van der Waals surface area contributed by atoms with Crippen molar-refractivity contribution in [2.45, 2.75) is 33.2 Å². The lowest BCUT2D eigenvalue weighted by atomic mass is 9.98. The Bertz CT molecular complexity index is 1380. The summed E-state index contributed by atoms with van der Waals surface area (Å²) in [5, 5.41) is 13.0. The quantitative estimate of drug-likeness (QED) is 0.394. The molecule has 8 nitrogen and oxygen atoms in total. The van der Waals surface area contributed by atoms with Crippen LogP contribution in [0.25, 0.3) is 17.1 Å². The maximum atomic E-state index is 6.21. The molecule has 0 unspecified atom stereocenters. The molecule has 8 heteroatoms. The Balaban J connectivity index is 1.23. The predicted octanol–water partition coefficient (Wildman–Crippen LogP) is 4.15. The van der Waals surface area contributed by atoms with E-state index in [0.29, 0.717) is 11.5 Å². The van der Waals surface area contributed by atoms with Gasteiger partial charge in [0, 0.05) is 30.9 Å². The average Bonchev–Trinajstić information content (AvgIpc) is 3.39. The van der Waals surface area contributed by atoms with Crippen molar-refractivity contribution in [3.05, 3.63) is 76.3 Å². The van der Waals surface area contributed by atoms with E-state index in [0.717, 1.165) is 66.4 Å². The first kappa shape index (κ1) is 23.8. The zero-order valence-electron chi connectivity index (χ0n) is 21.3. The monoisotopic (exact) mass is 484 g/mol. The molecule has 0 saturated heterocycles. The Morgan fingerprint density at radius 1 is 0.917 bits per heavy atom. The number of ether oxygens (including phenoxy) is 2. The molecule has 0 atom stereocenters. The Labute approximate surface area is 211 Å². The Morgan fingerprint density at radius 2 is 1.61 bits per heavy atom. The van der Waals surface area contributed by atoms with Gasteiger partial charge in [0.25, 0.3) is 0 Å². The Hall–Kier alpha value is -3.91. The molecule has 5 rings (SSSR count). The number of rotatable bonds is 7. The lowest BCUT2D eigenvalue weighted by Crippen LogP contribution is -2.32. The van der Waals surface area contributed by atoms with Crippen molar-refractivity contribution in [3.63, 3.8) is 0 Å². The number of hydrogen-bond acceptors (Lipinski definition) is 7. The SMILES string of the molecule is COc1cc2c(cc1OC)CN(CCc1ccc(-n3nnc(-c4cc(C)c(C)cc4N)n3)cc1)CC2. The van der Waals surface area contributed by atoms with E-state index in [9.17, 15) is 0 Å². The van der Waals surface area contributed by atoms with Crippen molar-refractivity contribution in [2.75, 3.05) is 33.0 Å². The molecule has 0 saturated carbocycles. The molecule has 0 spiro atoms. The van der Waals surface area contributed by atoms with E-state index < -0.39 is 0 Å². The first-order chi connectivity index (χ1) is 17.4. The second-order valence-electron chi connectivity index (χ2n) is 9.34. The van der Waals surface area contributed by atoms with E-state index in [-0.39, 0.29) is 0 Å². The number of fused-ring (bicyclic) bond motifs is 1. The number of nitrogen functional groups attached to an aromatic ring is 1. The summed E-state index contributed by atoms with van der Waals surface area (Å²) < 4.78 is 10.9. The van der Waals surface area contributed by atoms with Crippen molar-refractivity contribution in [1.82, 2.24) is 25.1 Å². The van der Waals surface area contributed by atoms with Crippen LogP contribution in [-0.2, 0) is 19.4 Å². The van der Waals surface area contributed by atoms with Gasteiger partial charge < -0.3 is 15.2 Å². The van der Waals surface area contributed by atoms with Crippen molar-refractivity contribution >= 4 is 5.69 Å². The van der Waals surface area contributed by atoms with Crippen LogP contribution in [0, 0.1) is 13.8 Å². The third-order valence-electron chi connectivity index (χ3n) is 7.00. The van der Waals surface area contributed by atoms with Crippen LogP contribution in [0.3, 0.4) is 0 Å². The number of anilines is 1. The fraction of sp³-hybridized carbons (Fsp3) is 0.321. The normalized spacial score (nSPS) is 13.4. The fourth-order valence-electron chi connectivity index (χ4n) is 4.68. The third kappa shape index (κ3) is 4.77. The van der Waals surface area contributed by atoms with Gasteiger partial charge in [-0.05, 0) is 96.1 Å². The van der Waals surface area contributed by atoms with E-state index in [1.165, 1.54) is 16.7 Å². The number of nitrogens with zero attached hydrogens (tertiary/aromatic N) is 5. The highest BCUT2D eigenvalue weighted by atomic mass is 16.5. The summed E-state index contributed by atoms with van der Waals surface area (Å²) in [6, 6.07) is 16.5. The van der Waals surface area contributed by atoms with E-state index in [1.54, 1.807) is 19.0 Å². The summed E-state index contributed by atoms with van der Waals surface area (Å²) >= 11 is 0. The number of benzene rings is 3. The molecule has 2 heterocycles. The van der Waals surface area contributed by atoms with Crippen LogP contribution in [0.2, 0.25) is 0 Å². The first-order valence-corrected chi connectivity index (χ1v) is 12.2. The smallest absolute Gasteiger partial charge is 0.207 e. The summed E-state index contributed by atoms with van der Waals surface area (Å²) in [5.74, 6) is 2.12. The summed E-state index contributed by atoms with van der Waals surface area (Å²) in [4.78, 5) is 4.04. The molecule has 3 aromatic carbocycles. The molecule has 0 bridgehead atoms. The van der Waals surface area contributed by atoms with Gasteiger partial charge in [0.15, 0.2) is 11.5 Å². The van der Waals surface area contributed by atoms with Crippen LogP contribution in [-0.4, -0.2) is 52.4 Å². The van der Waals surface area contributed by atoms with Gasteiger partial charge in [-0.3, -0.25) is 4.90 Å². The van der Waals surface area contributed by atoms with Gasteiger partial charge >= 0.3 is 0 Å². The van der Waals surface area contributed by atoms with Gasteiger partial charge in [-0.25, -0.2) is 0 Å². The van der Waals surface area contributed by atoms with Gasteiger partial charge in [-0.15, -0.1) is 15.0 Å². The number of aromatic nitrogens is 4. The molecule has 4 aromatic rings. The largest absolute Gasteiger partial charge is 0.493 e. The van der Waals surface area contributed by atoms with Gasteiger partial charge in [0.2, 0.25) is 5.82 Å². The zero-order valence-corrected chi connectivity index (χ0v) is 21.3. The highest BCUT2D eigenvalue weighted by molar-refractivity contribution is 5.72. The van der Waals surface area contributed by atoms with Crippen molar-refractivity contribution in [3.8, 4) is 28.6 Å². The lowest BCUT2D eigenvalue weighted by molar-refractivity contribution is 0.255. The molecule has 0 amide bonds. The first-order valence-electron chi connectivity index (χ1n) is 12.2. The minimum atomic E-state index is 0.527. The lowest BCUT2D eigenvalue weighted by Gasteiger charge is -2.29. The van der Waals surface area contributed by atoms with E-state index >= 15 is 0 Å². The van der Waals surface area contributed by atoms with Crippen LogP contribution < -0.4 is 15.2 Å². The number of hydrogen-bond donors (Lipinski definition) is 1. The van der Waals surface area contributed by atoms with E-state index in [2.05, 4.69) is 51.5 Å². The van der Waals surface area contributed by atoms with Crippen LogP contribution in [0.1, 0.15) is 27.8 Å². The molecule has 0 fully saturated rings. The summed E-state index contributed by atoms with van der Waals surface area (Å²) in [6.07, 6.45) is 1.98. The maximum absolute atomic E-state index is 6.21. The fourth-order valence-corrected chi connectivity index (χ4v) is 4.68. The second-order valence-corrected chi connectivity index (χ2v) is 9.34. The summed E-state index contributed by atoms with van der Waals surface area (Å²) in [6.45, 7) is 7.04. The average molecular weight is 485 g/mol. The molecule has 1 aromatic heterocycles. The zero-order chi connectivity index (χ0) is 25.2. The highest BCUT2D eigenvalue weighted by Gasteiger charge is 2.19. The number of methoxy groups -OCH3 is 2. The minimum Gasteiger partial charge on any atom is -0.493 e. The topological polar surface area (TPSA) is 91.3 Å². The molecule has 0 aliphatic carbocycles. The molecular weight excluding hydrogens is 452 g/mol. The standard InChI is InChI=1S/C28H32N6O2/c1-18-13-24(25(29)14-19(18)2)28-30-32-34(31-28)23-7-5-20(6-8-23)9-11-33-12-10-21-15-26(35-3)27(36-4)16-22(21)17-33/h5-8,13-16H,9-12,17,29H2,1-4H3. The Morgan fingerprint density at radius 3 is 2.33 bits per heavy atom. The minimum absolute atomic E-state index is 0.527. The molecule has 2 N–H and O–H groups in total. The van der Waals surface area contributed by atoms with Crippen LogP contribution >= 0.6 is 0 Å². The van der Waals surface area contributed by atoms with Gasteiger partial charge in [0.05, 0.1) is 19.9 Å². The highest BCUT2D eigenvalue weighted by Crippen LogP contribution is 2.33. The number of tetrazole rings is 1. The van der Waals surface area contributed by atoms with Crippen LogP contribution in [0.15, 0.2) is 48.5 Å². The van der Waals surface area contributed by atoms with Crippen molar-refractivity contribution in [2.24, 2.45) is 0 Å². The third-order valence-corrected chi connectivity index (χ3v) is 7.00. The second kappa shape index (κ2) is 9.99. The Kier molecular flexibility index (Phi) is 6.61. The molecule has 186 valence electrons.